The normalized spacial score (nSPS) is 9.62. The van der Waals surface area contributed by atoms with E-state index in [1.54, 1.807) is 6.92 Å². The van der Waals surface area contributed by atoms with Crippen LogP contribution in [0, 0.1) is 5.95 Å². The number of hydrogen-bond acceptors (Lipinski definition) is 3. The lowest BCUT2D eigenvalue weighted by atomic mass is 10.3. The van der Waals surface area contributed by atoms with E-state index in [0.29, 0.717) is 6.54 Å². The SMILES string of the molecule is CCNC(=O)CNC(=O)c1cccc(F)n1. The number of rotatable bonds is 4. The second-order valence-electron chi connectivity index (χ2n) is 2.98. The third kappa shape index (κ3) is 3.64. The van der Waals surface area contributed by atoms with E-state index in [2.05, 4.69) is 15.6 Å². The van der Waals surface area contributed by atoms with E-state index >= 15 is 0 Å². The number of aromatic nitrogens is 1. The summed E-state index contributed by atoms with van der Waals surface area (Å²) in [4.78, 5) is 25.8. The molecule has 0 saturated carbocycles. The van der Waals surface area contributed by atoms with Gasteiger partial charge < -0.3 is 10.6 Å². The van der Waals surface area contributed by atoms with Crippen molar-refractivity contribution in [2.75, 3.05) is 13.1 Å². The molecule has 0 aliphatic rings. The average Bonchev–Trinajstić information content (AvgIpc) is 2.26. The minimum absolute atomic E-state index is 0.0516. The Hall–Kier alpha value is -1.98. The van der Waals surface area contributed by atoms with Gasteiger partial charge in [-0.2, -0.15) is 4.39 Å². The van der Waals surface area contributed by atoms with Gasteiger partial charge in [0.1, 0.15) is 5.69 Å². The molecule has 0 aliphatic carbocycles. The van der Waals surface area contributed by atoms with Gasteiger partial charge in [0.15, 0.2) is 0 Å². The summed E-state index contributed by atoms with van der Waals surface area (Å²) >= 11 is 0. The van der Waals surface area contributed by atoms with Crippen molar-refractivity contribution in [2.45, 2.75) is 6.92 Å². The molecule has 1 rings (SSSR count). The molecule has 0 unspecified atom stereocenters. The summed E-state index contributed by atoms with van der Waals surface area (Å²) in [5.41, 5.74) is -0.0516. The molecule has 6 heteroatoms. The van der Waals surface area contributed by atoms with Crippen LogP contribution in [0.25, 0.3) is 0 Å². The van der Waals surface area contributed by atoms with Gasteiger partial charge in [-0.05, 0) is 19.1 Å². The van der Waals surface area contributed by atoms with Crippen LogP contribution in [-0.2, 0) is 4.79 Å². The third-order valence-electron chi connectivity index (χ3n) is 1.73. The lowest BCUT2D eigenvalue weighted by Crippen LogP contribution is -2.37. The minimum atomic E-state index is -0.731. The molecule has 1 heterocycles. The third-order valence-corrected chi connectivity index (χ3v) is 1.73. The van der Waals surface area contributed by atoms with Crippen LogP contribution in [0.1, 0.15) is 17.4 Å². The van der Waals surface area contributed by atoms with E-state index in [1.807, 2.05) is 0 Å². The number of likely N-dealkylation sites (N-methyl/N-ethyl adjacent to an activating group) is 1. The Morgan fingerprint density at radius 2 is 2.12 bits per heavy atom. The molecule has 0 aliphatic heterocycles. The summed E-state index contributed by atoms with van der Waals surface area (Å²) in [6, 6.07) is 3.89. The standard InChI is InChI=1S/C10H12FN3O2/c1-2-12-9(15)6-13-10(16)7-4-3-5-8(11)14-7/h3-5H,2,6H2,1H3,(H,12,15)(H,13,16). The molecule has 0 fully saturated rings. The van der Waals surface area contributed by atoms with Gasteiger partial charge >= 0.3 is 0 Å². The van der Waals surface area contributed by atoms with Crippen molar-refractivity contribution in [3.05, 3.63) is 29.8 Å². The molecule has 0 saturated heterocycles. The fourth-order valence-electron chi connectivity index (χ4n) is 1.05. The highest BCUT2D eigenvalue weighted by Crippen LogP contribution is 1.96. The molecule has 0 spiro atoms. The second-order valence-corrected chi connectivity index (χ2v) is 2.98. The number of nitrogens with zero attached hydrogens (tertiary/aromatic N) is 1. The number of nitrogens with one attached hydrogen (secondary N) is 2. The van der Waals surface area contributed by atoms with E-state index in [-0.39, 0.29) is 18.1 Å². The van der Waals surface area contributed by atoms with Crippen molar-refractivity contribution in [3.63, 3.8) is 0 Å². The van der Waals surface area contributed by atoms with E-state index in [9.17, 15) is 14.0 Å². The molecular formula is C10H12FN3O2. The fourth-order valence-corrected chi connectivity index (χ4v) is 1.05. The summed E-state index contributed by atoms with van der Waals surface area (Å²) in [6.45, 7) is 2.12. The summed E-state index contributed by atoms with van der Waals surface area (Å²) in [7, 11) is 0. The van der Waals surface area contributed by atoms with Crippen LogP contribution < -0.4 is 10.6 Å². The molecule has 5 nitrogen and oxygen atoms in total. The van der Waals surface area contributed by atoms with Crippen LogP contribution in [0.3, 0.4) is 0 Å². The summed E-state index contributed by atoms with van der Waals surface area (Å²) in [6.07, 6.45) is 0. The lowest BCUT2D eigenvalue weighted by molar-refractivity contribution is -0.120. The van der Waals surface area contributed by atoms with Crippen LogP contribution in [0.15, 0.2) is 18.2 Å². The highest BCUT2D eigenvalue weighted by molar-refractivity contribution is 5.94. The van der Waals surface area contributed by atoms with Crippen LogP contribution in [-0.4, -0.2) is 29.9 Å². The van der Waals surface area contributed by atoms with Crippen LogP contribution in [0.2, 0.25) is 0 Å². The van der Waals surface area contributed by atoms with Gasteiger partial charge in [0, 0.05) is 6.54 Å². The van der Waals surface area contributed by atoms with Crippen molar-refractivity contribution in [1.29, 1.82) is 0 Å². The van der Waals surface area contributed by atoms with E-state index in [4.69, 9.17) is 0 Å². The smallest absolute Gasteiger partial charge is 0.270 e. The molecule has 0 atom stereocenters. The zero-order chi connectivity index (χ0) is 12.0. The molecule has 2 N–H and O–H groups in total. The van der Waals surface area contributed by atoms with E-state index in [1.165, 1.54) is 12.1 Å². The molecule has 1 aromatic heterocycles. The van der Waals surface area contributed by atoms with E-state index in [0.717, 1.165) is 6.07 Å². The number of halogens is 1. The van der Waals surface area contributed by atoms with Crippen molar-refractivity contribution in [1.82, 2.24) is 15.6 Å². The molecule has 86 valence electrons. The maximum absolute atomic E-state index is 12.7. The molecule has 0 aromatic carbocycles. The van der Waals surface area contributed by atoms with Gasteiger partial charge in [-0.1, -0.05) is 6.07 Å². The molecule has 2 amide bonds. The van der Waals surface area contributed by atoms with Crippen molar-refractivity contribution >= 4 is 11.8 Å². The Kier molecular flexibility index (Phi) is 4.38. The maximum Gasteiger partial charge on any atom is 0.270 e. The van der Waals surface area contributed by atoms with E-state index < -0.39 is 11.9 Å². The largest absolute Gasteiger partial charge is 0.355 e. The molecule has 0 radical (unpaired) electrons. The van der Waals surface area contributed by atoms with Crippen molar-refractivity contribution in [3.8, 4) is 0 Å². The summed E-state index contributed by atoms with van der Waals surface area (Å²) < 4.78 is 12.7. The van der Waals surface area contributed by atoms with Crippen molar-refractivity contribution in [2.24, 2.45) is 0 Å². The average molecular weight is 225 g/mol. The van der Waals surface area contributed by atoms with Gasteiger partial charge in [0.05, 0.1) is 6.54 Å². The molecule has 16 heavy (non-hydrogen) atoms. The predicted molar refractivity (Wildman–Crippen MR) is 55.2 cm³/mol. The molecule has 0 bridgehead atoms. The first kappa shape index (κ1) is 12.1. The second kappa shape index (κ2) is 5.79. The first-order chi connectivity index (χ1) is 7.63. The molecule has 1 aromatic rings. The number of carbonyl (C=O) groups is 2. The Labute approximate surface area is 92.1 Å². The van der Waals surface area contributed by atoms with Gasteiger partial charge in [-0.25, -0.2) is 4.98 Å². The fraction of sp³-hybridized carbons (Fsp3) is 0.300. The Bertz CT molecular complexity index is 395. The Morgan fingerprint density at radius 3 is 2.75 bits per heavy atom. The van der Waals surface area contributed by atoms with Gasteiger partial charge in [-0.3, -0.25) is 9.59 Å². The Morgan fingerprint density at radius 1 is 1.38 bits per heavy atom. The van der Waals surface area contributed by atoms with Gasteiger partial charge in [0.2, 0.25) is 11.9 Å². The van der Waals surface area contributed by atoms with Crippen molar-refractivity contribution < 1.29 is 14.0 Å². The van der Waals surface area contributed by atoms with Crippen LogP contribution in [0.5, 0.6) is 0 Å². The zero-order valence-corrected chi connectivity index (χ0v) is 8.79. The number of carbonyl (C=O) groups excluding carboxylic acids is 2. The first-order valence-corrected chi connectivity index (χ1v) is 4.81. The quantitative estimate of drug-likeness (QED) is 0.713. The number of amides is 2. The maximum atomic E-state index is 12.7. The van der Waals surface area contributed by atoms with Crippen LogP contribution >= 0.6 is 0 Å². The predicted octanol–water partition coefficient (Wildman–Crippen LogP) is 0.0866. The summed E-state index contributed by atoms with van der Waals surface area (Å²) in [5.74, 6) is -1.61. The van der Waals surface area contributed by atoms with Gasteiger partial charge in [0.25, 0.3) is 5.91 Å². The van der Waals surface area contributed by atoms with Crippen LogP contribution in [0.4, 0.5) is 4.39 Å². The van der Waals surface area contributed by atoms with Gasteiger partial charge in [-0.15, -0.1) is 0 Å². The zero-order valence-electron chi connectivity index (χ0n) is 8.79. The number of pyridine rings is 1. The lowest BCUT2D eigenvalue weighted by Gasteiger charge is -2.04. The number of hydrogen-bond donors (Lipinski definition) is 2. The highest BCUT2D eigenvalue weighted by Gasteiger charge is 2.09. The first-order valence-electron chi connectivity index (χ1n) is 4.81. The Balaban J connectivity index is 2.50. The monoisotopic (exact) mass is 225 g/mol. The minimum Gasteiger partial charge on any atom is -0.355 e. The molecular weight excluding hydrogens is 213 g/mol. The summed E-state index contributed by atoms with van der Waals surface area (Å²) in [5, 5.41) is 4.85. The highest BCUT2D eigenvalue weighted by atomic mass is 19.1. The topological polar surface area (TPSA) is 71.1 Å².